The molecule has 0 radical (unpaired) electrons. The van der Waals surface area contributed by atoms with Gasteiger partial charge in [0.25, 0.3) is 0 Å². The molecule has 1 amide bonds. The molecule has 2 aromatic rings. The number of rotatable bonds is 2. The lowest BCUT2D eigenvalue weighted by Gasteiger charge is -1.86. The van der Waals surface area contributed by atoms with Gasteiger partial charge in [0.15, 0.2) is 5.58 Å². The highest BCUT2D eigenvalue weighted by Crippen LogP contribution is 2.23. The molecule has 0 unspecified atom stereocenters. The number of para-hydroxylation sites is 1. The third-order valence-corrected chi connectivity index (χ3v) is 2.08. The molecule has 0 saturated carbocycles. The van der Waals surface area contributed by atoms with E-state index in [4.69, 9.17) is 21.8 Å². The van der Waals surface area contributed by atoms with E-state index in [2.05, 4.69) is 4.98 Å². The van der Waals surface area contributed by atoms with Crippen LogP contribution in [-0.2, 0) is 4.79 Å². The first kappa shape index (κ1) is 9.73. The van der Waals surface area contributed by atoms with Crippen molar-refractivity contribution < 1.29 is 9.21 Å². The number of fused-ring (bicyclic) bond motifs is 1. The number of nitrogens with zero attached hydrogens (tertiary/aromatic N) is 1. The summed E-state index contributed by atoms with van der Waals surface area (Å²) in [6.45, 7) is 0. The number of primary amides is 1. The summed E-state index contributed by atoms with van der Waals surface area (Å²) in [6.07, 6.45) is 2.58. The van der Waals surface area contributed by atoms with Crippen molar-refractivity contribution in [3.8, 4) is 0 Å². The van der Waals surface area contributed by atoms with E-state index >= 15 is 0 Å². The second-order valence-corrected chi connectivity index (χ2v) is 3.28. The van der Waals surface area contributed by atoms with E-state index in [1.54, 1.807) is 18.2 Å². The number of oxazole rings is 1. The fourth-order valence-corrected chi connectivity index (χ4v) is 1.36. The summed E-state index contributed by atoms with van der Waals surface area (Å²) in [5, 5.41) is 0.509. The van der Waals surface area contributed by atoms with Gasteiger partial charge < -0.3 is 10.2 Å². The topological polar surface area (TPSA) is 69.1 Å². The molecule has 0 aliphatic rings. The van der Waals surface area contributed by atoms with Crippen molar-refractivity contribution in [1.82, 2.24) is 4.98 Å². The Labute approximate surface area is 90.3 Å². The summed E-state index contributed by atoms with van der Waals surface area (Å²) in [5.74, 6) is -0.250. The quantitative estimate of drug-likeness (QED) is 0.790. The Kier molecular flexibility index (Phi) is 2.43. The molecule has 0 aliphatic heterocycles. The largest absolute Gasteiger partial charge is 0.437 e. The summed E-state index contributed by atoms with van der Waals surface area (Å²) in [6, 6.07) is 5.22. The fraction of sp³-hybridized carbons (Fsp3) is 0. The van der Waals surface area contributed by atoms with Crippen molar-refractivity contribution in [2.45, 2.75) is 0 Å². The summed E-state index contributed by atoms with van der Waals surface area (Å²) in [7, 11) is 0. The number of aromatic nitrogens is 1. The van der Waals surface area contributed by atoms with Gasteiger partial charge in [-0.15, -0.1) is 0 Å². The van der Waals surface area contributed by atoms with Gasteiger partial charge in [0, 0.05) is 12.2 Å². The number of carbonyl (C=O) groups is 1. The highest BCUT2D eigenvalue weighted by molar-refractivity contribution is 6.34. The summed E-state index contributed by atoms with van der Waals surface area (Å²) in [5.41, 5.74) is 6.09. The van der Waals surface area contributed by atoms with Gasteiger partial charge >= 0.3 is 0 Å². The lowest BCUT2D eigenvalue weighted by atomic mass is 10.3. The molecule has 1 aromatic heterocycles. The number of benzene rings is 1. The van der Waals surface area contributed by atoms with Crippen LogP contribution in [0.2, 0.25) is 5.02 Å². The van der Waals surface area contributed by atoms with Crippen LogP contribution in [0.4, 0.5) is 0 Å². The number of nitrogens with two attached hydrogens (primary N) is 1. The van der Waals surface area contributed by atoms with E-state index in [0.717, 1.165) is 0 Å². The molecule has 0 spiro atoms. The highest BCUT2D eigenvalue weighted by atomic mass is 35.5. The lowest BCUT2D eigenvalue weighted by molar-refractivity contribution is -0.113. The zero-order valence-electron chi connectivity index (χ0n) is 7.61. The Hall–Kier alpha value is -1.81. The van der Waals surface area contributed by atoms with Crippen LogP contribution >= 0.6 is 11.6 Å². The zero-order chi connectivity index (χ0) is 10.8. The van der Waals surface area contributed by atoms with Crippen LogP contribution in [0.1, 0.15) is 5.89 Å². The van der Waals surface area contributed by atoms with E-state index in [9.17, 15) is 4.79 Å². The van der Waals surface area contributed by atoms with E-state index in [1.807, 2.05) is 0 Å². The molecule has 0 saturated heterocycles. The molecule has 0 bridgehead atoms. The Morgan fingerprint density at radius 3 is 3.00 bits per heavy atom. The van der Waals surface area contributed by atoms with E-state index in [-0.39, 0.29) is 0 Å². The molecule has 1 heterocycles. The van der Waals surface area contributed by atoms with Crippen molar-refractivity contribution in [2.75, 3.05) is 0 Å². The second-order valence-electron chi connectivity index (χ2n) is 2.87. The third-order valence-electron chi connectivity index (χ3n) is 1.78. The predicted molar refractivity (Wildman–Crippen MR) is 57.2 cm³/mol. The van der Waals surface area contributed by atoms with Gasteiger partial charge in [-0.05, 0) is 12.1 Å². The molecule has 76 valence electrons. The minimum atomic E-state index is -0.552. The first-order valence-electron chi connectivity index (χ1n) is 4.19. The average Bonchev–Trinajstić information content (AvgIpc) is 2.59. The van der Waals surface area contributed by atoms with Crippen molar-refractivity contribution >= 4 is 34.7 Å². The molecule has 4 nitrogen and oxygen atoms in total. The first-order chi connectivity index (χ1) is 7.16. The number of hydrogen-bond acceptors (Lipinski definition) is 3. The maximum Gasteiger partial charge on any atom is 0.241 e. The average molecular weight is 223 g/mol. The molecule has 0 atom stereocenters. The number of halogens is 1. The normalized spacial score (nSPS) is 11.3. The summed E-state index contributed by atoms with van der Waals surface area (Å²) < 4.78 is 5.31. The monoisotopic (exact) mass is 222 g/mol. The number of hydrogen-bond donors (Lipinski definition) is 1. The maximum atomic E-state index is 10.5. The molecular formula is C10H7ClN2O2. The molecular weight excluding hydrogens is 216 g/mol. The Morgan fingerprint density at radius 1 is 1.53 bits per heavy atom. The fourth-order valence-electron chi connectivity index (χ4n) is 1.16. The van der Waals surface area contributed by atoms with Crippen LogP contribution in [0.15, 0.2) is 28.7 Å². The smallest absolute Gasteiger partial charge is 0.241 e. The molecule has 0 aliphatic carbocycles. The van der Waals surface area contributed by atoms with Crippen molar-refractivity contribution in [3.05, 3.63) is 35.2 Å². The number of amides is 1. The van der Waals surface area contributed by atoms with Crippen LogP contribution in [0.3, 0.4) is 0 Å². The second kappa shape index (κ2) is 3.74. The maximum absolute atomic E-state index is 10.5. The summed E-state index contributed by atoms with van der Waals surface area (Å²) in [4.78, 5) is 14.6. The van der Waals surface area contributed by atoms with Crippen LogP contribution < -0.4 is 5.73 Å². The van der Waals surface area contributed by atoms with Crippen LogP contribution in [-0.4, -0.2) is 10.9 Å². The van der Waals surface area contributed by atoms with Crippen LogP contribution in [0.5, 0.6) is 0 Å². The lowest BCUT2D eigenvalue weighted by Crippen LogP contribution is -2.05. The van der Waals surface area contributed by atoms with E-state index < -0.39 is 5.91 Å². The van der Waals surface area contributed by atoms with E-state index in [0.29, 0.717) is 22.0 Å². The number of carbonyl (C=O) groups excluding carboxylic acids is 1. The SMILES string of the molecule is NC(=O)C=Cc1nc2c(Cl)cccc2o1. The van der Waals surface area contributed by atoms with E-state index in [1.165, 1.54) is 12.2 Å². The van der Waals surface area contributed by atoms with Gasteiger partial charge in [-0.1, -0.05) is 17.7 Å². The Bertz CT molecular complexity index is 545. The van der Waals surface area contributed by atoms with Gasteiger partial charge in [-0.3, -0.25) is 4.79 Å². The zero-order valence-corrected chi connectivity index (χ0v) is 8.36. The summed E-state index contributed by atoms with van der Waals surface area (Å²) >= 11 is 5.89. The van der Waals surface area contributed by atoms with Gasteiger partial charge in [-0.2, -0.15) is 0 Å². The minimum absolute atomic E-state index is 0.303. The van der Waals surface area contributed by atoms with Crippen molar-refractivity contribution in [3.63, 3.8) is 0 Å². The Morgan fingerprint density at radius 2 is 2.33 bits per heavy atom. The molecule has 2 rings (SSSR count). The standard InChI is InChI=1S/C10H7ClN2O2/c11-6-2-1-3-7-10(6)13-9(15-7)5-4-8(12)14/h1-5H,(H2,12,14). The Balaban J connectivity index is 2.48. The molecule has 0 fully saturated rings. The predicted octanol–water partition coefficient (Wildman–Crippen LogP) is 1.98. The highest BCUT2D eigenvalue weighted by Gasteiger charge is 2.05. The molecule has 15 heavy (non-hydrogen) atoms. The minimum Gasteiger partial charge on any atom is -0.437 e. The molecule has 5 heteroatoms. The van der Waals surface area contributed by atoms with Gasteiger partial charge in [0.1, 0.15) is 5.52 Å². The van der Waals surface area contributed by atoms with Gasteiger partial charge in [0.05, 0.1) is 5.02 Å². The van der Waals surface area contributed by atoms with Crippen molar-refractivity contribution in [2.24, 2.45) is 5.73 Å². The van der Waals surface area contributed by atoms with Gasteiger partial charge in [0.2, 0.25) is 11.8 Å². The third kappa shape index (κ3) is 1.99. The van der Waals surface area contributed by atoms with Crippen LogP contribution in [0.25, 0.3) is 17.2 Å². The molecule has 2 N–H and O–H groups in total. The van der Waals surface area contributed by atoms with Crippen LogP contribution in [0, 0.1) is 0 Å². The molecule has 1 aromatic carbocycles. The van der Waals surface area contributed by atoms with Gasteiger partial charge in [-0.25, -0.2) is 4.98 Å². The van der Waals surface area contributed by atoms with Crippen molar-refractivity contribution in [1.29, 1.82) is 0 Å². The first-order valence-corrected chi connectivity index (χ1v) is 4.57.